The van der Waals surface area contributed by atoms with Crippen molar-refractivity contribution in [1.29, 1.82) is 0 Å². The first-order valence-corrected chi connectivity index (χ1v) is 10.0. The van der Waals surface area contributed by atoms with Gasteiger partial charge in [0.25, 0.3) is 0 Å². The quantitative estimate of drug-likeness (QED) is 0.246. The van der Waals surface area contributed by atoms with E-state index in [4.69, 9.17) is 15.9 Å². The lowest BCUT2D eigenvalue weighted by Gasteiger charge is -2.22. The van der Waals surface area contributed by atoms with Gasteiger partial charge in [0.1, 0.15) is 0 Å². The van der Waals surface area contributed by atoms with Gasteiger partial charge in [0.15, 0.2) is 0 Å². The number of benzene rings is 1. The monoisotopic (exact) mass is 385 g/mol. The third-order valence-corrected chi connectivity index (χ3v) is 4.32. The van der Waals surface area contributed by atoms with Crippen LogP contribution in [0.2, 0.25) is 0 Å². The first kappa shape index (κ1) is 23.8. The SMILES string of the molecule is C=CC(/C=C/c1ccc(N(CCO)CCO)cc1)=C\C=NCCCCCCN. The van der Waals surface area contributed by atoms with E-state index >= 15 is 0 Å². The lowest BCUT2D eigenvalue weighted by atomic mass is 10.1. The zero-order chi connectivity index (χ0) is 20.5. The summed E-state index contributed by atoms with van der Waals surface area (Å²) in [6.07, 6.45) is 14.2. The van der Waals surface area contributed by atoms with Crippen molar-refractivity contribution in [2.75, 3.05) is 44.3 Å². The van der Waals surface area contributed by atoms with Crippen molar-refractivity contribution < 1.29 is 10.2 Å². The van der Waals surface area contributed by atoms with Crippen LogP contribution in [0.15, 0.2) is 59.6 Å². The first-order chi connectivity index (χ1) is 13.7. The Morgan fingerprint density at radius 1 is 1.04 bits per heavy atom. The fraction of sp³-hybridized carbons (Fsp3) is 0.435. The Morgan fingerprint density at radius 2 is 1.71 bits per heavy atom. The average Bonchev–Trinajstić information content (AvgIpc) is 2.72. The van der Waals surface area contributed by atoms with Gasteiger partial charge < -0.3 is 20.8 Å². The van der Waals surface area contributed by atoms with E-state index in [9.17, 15) is 0 Å². The minimum absolute atomic E-state index is 0.0599. The number of anilines is 1. The lowest BCUT2D eigenvalue weighted by Crippen LogP contribution is -2.29. The molecule has 0 aliphatic heterocycles. The van der Waals surface area contributed by atoms with Gasteiger partial charge >= 0.3 is 0 Å². The van der Waals surface area contributed by atoms with Crippen LogP contribution in [0.3, 0.4) is 0 Å². The molecule has 0 aliphatic rings. The predicted molar refractivity (Wildman–Crippen MR) is 121 cm³/mol. The van der Waals surface area contributed by atoms with E-state index in [1.807, 2.05) is 59.7 Å². The topological polar surface area (TPSA) is 82.1 Å². The zero-order valence-corrected chi connectivity index (χ0v) is 16.8. The molecule has 154 valence electrons. The lowest BCUT2D eigenvalue weighted by molar-refractivity contribution is 0.281. The maximum Gasteiger partial charge on any atom is 0.0606 e. The van der Waals surface area contributed by atoms with Crippen LogP contribution < -0.4 is 10.6 Å². The van der Waals surface area contributed by atoms with Gasteiger partial charge in [-0.05, 0) is 48.7 Å². The van der Waals surface area contributed by atoms with E-state index < -0.39 is 0 Å². The summed E-state index contributed by atoms with van der Waals surface area (Å²) < 4.78 is 0. The number of rotatable bonds is 15. The Hall–Kier alpha value is -2.21. The molecule has 0 unspecified atom stereocenters. The van der Waals surface area contributed by atoms with E-state index in [0.29, 0.717) is 13.1 Å². The fourth-order valence-corrected chi connectivity index (χ4v) is 2.71. The van der Waals surface area contributed by atoms with E-state index in [2.05, 4.69) is 11.6 Å². The van der Waals surface area contributed by atoms with Gasteiger partial charge in [-0.25, -0.2) is 0 Å². The van der Waals surface area contributed by atoms with Crippen LogP contribution in [0, 0.1) is 0 Å². The van der Waals surface area contributed by atoms with Crippen LogP contribution in [0.5, 0.6) is 0 Å². The van der Waals surface area contributed by atoms with Gasteiger partial charge in [-0.15, -0.1) is 0 Å². The van der Waals surface area contributed by atoms with Crippen molar-refractivity contribution >= 4 is 18.0 Å². The molecule has 0 heterocycles. The smallest absolute Gasteiger partial charge is 0.0606 e. The highest BCUT2D eigenvalue weighted by Gasteiger charge is 2.04. The second kappa shape index (κ2) is 15.8. The summed E-state index contributed by atoms with van der Waals surface area (Å²) in [5.74, 6) is 0. The Balaban J connectivity index is 2.56. The largest absolute Gasteiger partial charge is 0.395 e. The minimum Gasteiger partial charge on any atom is -0.395 e. The number of aliphatic hydroxyl groups is 2. The molecule has 0 amide bonds. The molecule has 0 saturated heterocycles. The van der Waals surface area contributed by atoms with E-state index in [1.54, 1.807) is 0 Å². The summed E-state index contributed by atoms with van der Waals surface area (Å²) in [6, 6.07) is 8.02. The molecule has 0 aliphatic carbocycles. The first-order valence-electron chi connectivity index (χ1n) is 10.0. The molecule has 5 heteroatoms. The van der Waals surface area contributed by atoms with E-state index in [0.717, 1.165) is 42.8 Å². The normalized spacial score (nSPS) is 12.2. The van der Waals surface area contributed by atoms with Crippen molar-refractivity contribution in [2.45, 2.75) is 25.7 Å². The molecule has 0 radical (unpaired) electrons. The average molecular weight is 386 g/mol. The molecule has 0 fully saturated rings. The van der Waals surface area contributed by atoms with Crippen LogP contribution in [-0.2, 0) is 0 Å². The van der Waals surface area contributed by atoms with Gasteiger partial charge in [0.2, 0.25) is 0 Å². The summed E-state index contributed by atoms with van der Waals surface area (Å²) in [4.78, 5) is 6.37. The maximum atomic E-state index is 9.14. The molecule has 1 aromatic rings. The molecule has 4 N–H and O–H groups in total. The van der Waals surface area contributed by atoms with Crippen molar-refractivity contribution in [3.05, 3.63) is 60.2 Å². The molecule has 1 rings (SSSR count). The number of aliphatic hydroxyl groups excluding tert-OH is 2. The van der Waals surface area contributed by atoms with E-state index in [-0.39, 0.29) is 13.2 Å². The molecule has 0 spiro atoms. The maximum absolute atomic E-state index is 9.14. The number of hydrogen-bond donors (Lipinski definition) is 3. The highest BCUT2D eigenvalue weighted by atomic mass is 16.3. The van der Waals surface area contributed by atoms with Gasteiger partial charge in [-0.1, -0.05) is 49.8 Å². The van der Waals surface area contributed by atoms with Crippen molar-refractivity contribution in [1.82, 2.24) is 0 Å². The molecule has 0 saturated carbocycles. The fourth-order valence-electron chi connectivity index (χ4n) is 2.71. The zero-order valence-electron chi connectivity index (χ0n) is 16.8. The molecule has 0 atom stereocenters. The number of nitrogens with zero attached hydrogens (tertiary/aromatic N) is 2. The number of allylic oxidation sites excluding steroid dienone is 4. The molecular formula is C23H35N3O2. The summed E-state index contributed by atoms with van der Waals surface area (Å²) in [5.41, 5.74) is 8.53. The minimum atomic E-state index is 0.0599. The molecule has 1 aromatic carbocycles. The highest BCUT2D eigenvalue weighted by molar-refractivity contribution is 5.75. The van der Waals surface area contributed by atoms with Gasteiger partial charge in [-0.2, -0.15) is 0 Å². The number of unbranched alkanes of at least 4 members (excludes halogenated alkanes) is 3. The highest BCUT2D eigenvalue weighted by Crippen LogP contribution is 2.16. The van der Waals surface area contributed by atoms with Crippen LogP contribution in [0.25, 0.3) is 6.08 Å². The molecule has 0 aromatic heterocycles. The Morgan fingerprint density at radius 3 is 2.32 bits per heavy atom. The number of aliphatic imine (C=N–C) groups is 1. The Labute approximate surface area is 169 Å². The van der Waals surface area contributed by atoms with Crippen LogP contribution in [-0.4, -0.2) is 55.8 Å². The Kier molecular flexibility index (Phi) is 13.5. The number of nitrogens with two attached hydrogens (primary N) is 1. The molecule has 28 heavy (non-hydrogen) atoms. The summed E-state index contributed by atoms with van der Waals surface area (Å²) in [5, 5.41) is 18.3. The van der Waals surface area contributed by atoms with Crippen LogP contribution in [0.1, 0.15) is 31.2 Å². The summed E-state index contributed by atoms with van der Waals surface area (Å²) in [7, 11) is 0. The van der Waals surface area contributed by atoms with Crippen molar-refractivity contribution in [2.24, 2.45) is 10.7 Å². The number of hydrogen-bond acceptors (Lipinski definition) is 5. The summed E-state index contributed by atoms with van der Waals surface area (Å²) in [6.45, 7) is 6.60. The Bertz CT molecular complexity index is 615. The van der Waals surface area contributed by atoms with Crippen molar-refractivity contribution in [3.63, 3.8) is 0 Å². The van der Waals surface area contributed by atoms with Gasteiger partial charge in [-0.3, -0.25) is 4.99 Å². The van der Waals surface area contributed by atoms with Gasteiger partial charge in [0.05, 0.1) is 13.2 Å². The van der Waals surface area contributed by atoms with E-state index in [1.165, 1.54) is 12.8 Å². The summed E-state index contributed by atoms with van der Waals surface area (Å²) >= 11 is 0. The third kappa shape index (κ3) is 10.2. The third-order valence-electron chi connectivity index (χ3n) is 4.32. The van der Waals surface area contributed by atoms with Crippen LogP contribution >= 0.6 is 0 Å². The standard InChI is InChI=1S/C23H35N3O2/c1-2-21(13-16-25-15-6-4-3-5-14-24)7-8-22-9-11-23(12-10-22)26(17-19-27)18-20-28/h2,7-13,16,27-28H,1,3-6,14-15,17-20,24H2/b8-7+,21-13+,25-16?. The van der Waals surface area contributed by atoms with Crippen LogP contribution in [0.4, 0.5) is 5.69 Å². The van der Waals surface area contributed by atoms with Crippen molar-refractivity contribution in [3.8, 4) is 0 Å². The van der Waals surface area contributed by atoms with Gasteiger partial charge in [0, 0.05) is 31.5 Å². The predicted octanol–water partition coefficient (Wildman–Crippen LogP) is 3.19. The molecule has 0 bridgehead atoms. The second-order valence-electron chi connectivity index (χ2n) is 6.49. The molecular weight excluding hydrogens is 350 g/mol. The molecule has 5 nitrogen and oxygen atoms in total. The second-order valence-corrected chi connectivity index (χ2v) is 6.49.